The number of amides is 1. The highest BCUT2D eigenvalue weighted by atomic mass is 32.2. The molecule has 5 N–H and O–H groups in total. The van der Waals surface area contributed by atoms with Gasteiger partial charge in [0.15, 0.2) is 0 Å². The normalized spacial score (nSPS) is 10.6. The van der Waals surface area contributed by atoms with Gasteiger partial charge in [0.2, 0.25) is 0 Å². The molecule has 2 aromatic rings. The van der Waals surface area contributed by atoms with Crippen LogP contribution in [-0.4, -0.2) is 5.91 Å². The van der Waals surface area contributed by atoms with E-state index in [-0.39, 0.29) is 5.91 Å². The van der Waals surface area contributed by atoms with Crippen LogP contribution in [-0.2, 0) is 5.75 Å². The lowest BCUT2D eigenvalue weighted by Crippen LogP contribution is -2.29. The smallest absolute Gasteiger partial charge is 0.275 e. The summed E-state index contributed by atoms with van der Waals surface area (Å²) in [6.45, 7) is 4.05. The zero-order valence-corrected chi connectivity index (χ0v) is 13.0. The maximum Gasteiger partial charge on any atom is 0.275 e. The van der Waals surface area contributed by atoms with Crippen LogP contribution >= 0.6 is 23.1 Å². The summed E-state index contributed by atoms with van der Waals surface area (Å²) in [5, 5.41) is 0. The lowest BCUT2D eigenvalue weighted by atomic mass is 10.2. The highest BCUT2D eigenvalue weighted by molar-refractivity contribution is 7.98. The number of carbonyl (C=O) groups excluding carboxylic acids is 1. The Morgan fingerprint density at radius 1 is 1.35 bits per heavy atom. The number of hydrazine groups is 1. The summed E-state index contributed by atoms with van der Waals surface area (Å²) in [6, 6.07) is 7.89. The van der Waals surface area contributed by atoms with Crippen LogP contribution in [0.1, 0.15) is 25.7 Å². The van der Waals surface area contributed by atoms with Gasteiger partial charge in [-0.25, -0.2) is 5.84 Å². The zero-order chi connectivity index (χ0) is 14.7. The van der Waals surface area contributed by atoms with E-state index in [1.165, 1.54) is 16.9 Å². The van der Waals surface area contributed by atoms with Crippen LogP contribution < -0.4 is 17.0 Å². The van der Waals surface area contributed by atoms with E-state index in [9.17, 15) is 4.79 Å². The predicted octanol–water partition coefficient (Wildman–Crippen LogP) is 2.84. The van der Waals surface area contributed by atoms with E-state index in [1.807, 2.05) is 32.0 Å². The largest absolute Gasteiger partial charge is 0.398 e. The number of nitrogens with two attached hydrogens (primary N) is 2. The maximum absolute atomic E-state index is 11.5. The van der Waals surface area contributed by atoms with E-state index >= 15 is 0 Å². The summed E-state index contributed by atoms with van der Waals surface area (Å²) >= 11 is 3.13. The highest BCUT2D eigenvalue weighted by Gasteiger charge is 2.12. The van der Waals surface area contributed by atoms with E-state index < -0.39 is 0 Å². The predicted molar refractivity (Wildman–Crippen MR) is 85.9 cm³/mol. The first-order valence-electron chi connectivity index (χ1n) is 6.10. The van der Waals surface area contributed by atoms with Gasteiger partial charge in [0.05, 0.1) is 4.88 Å². The van der Waals surface area contributed by atoms with Crippen LogP contribution in [0.25, 0.3) is 0 Å². The molecule has 0 atom stereocenters. The highest BCUT2D eigenvalue weighted by Crippen LogP contribution is 2.32. The molecule has 0 aliphatic rings. The molecule has 0 spiro atoms. The molecule has 0 aliphatic carbocycles. The standard InChI is InChI=1S/C14H17N3OS2/c1-8-3-4-11(15)12(5-8)19-7-10-6-13(14(18)17-16)20-9(10)2/h3-6H,7,15-16H2,1-2H3,(H,17,18). The quantitative estimate of drug-likeness (QED) is 0.267. The van der Waals surface area contributed by atoms with Crippen LogP contribution in [0.2, 0.25) is 0 Å². The van der Waals surface area contributed by atoms with Crippen molar-refractivity contribution in [1.29, 1.82) is 0 Å². The van der Waals surface area contributed by atoms with E-state index in [2.05, 4.69) is 11.5 Å². The Bertz CT molecular complexity index is 637. The molecule has 0 saturated carbocycles. The fraction of sp³-hybridized carbons (Fsp3) is 0.214. The van der Waals surface area contributed by atoms with Gasteiger partial charge in [-0.2, -0.15) is 0 Å². The summed E-state index contributed by atoms with van der Waals surface area (Å²) in [5.41, 5.74) is 11.2. The first-order chi connectivity index (χ1) is 9.51. The molecule has 2 rings (SSSR count). The van der Waals surface area contributed by atoms with Gasteiger partial charge in [0.25, 0.3) is 5.91 Å². The van der Waals surface area contributed by atoms with Crippen molar-refractivity contribution in [3.8, 4) is 0 Å². The number of aryl methyl sites for hydroxylation is 2. The monoisotopic (exact) mass is 307 g/mol. The Labute approximate surface area is 126 Å². The van der Waals surface area contributed by atoms with Gasteiger partial charge in [-0.05, 0) is 43.2 Å². The van der Waals surface area contributed by atoms with Gasteiger partial charge in [-0.3, -0.25) is 10.2 Å². The number of benzene rings is 1. The second kappa shape index (κ2) is 6.30. The second-order valence-corrected chi connectivity index (χ2v) is 6.77. The molecule has 0 aliphatic heterocycles. The van der Waals surface area contributed by atoms with Gasteiger partial charge in [-0.1, -0.05) is 6.07 Å². The summed E-state index contributed by atoms with van der Waals surface area (Å²) in [4.78, 5) is 14.3. The molecule has 0 bridgehead atoms. The van der Waals surface area contributed by atoms with Crippen LogP contribution in [0.5, 0.6) is 0 Å². The fourth-order valence-electron chi connectivity index (χ4n) is 1.77. The molecule has 1 aromatic carbocycles. The molecular weight excluding hydrogens is 290 g/mol. The molecule has 0 unspecified atom stereocenters. The van der Waals surface area contributed by atoms with Crippen LogP contribution in [0.4, 0.5) is 5.69 Å². The summed E-state index contributed by atoms with van der Waals surface area (Å²) < 4.78 is 0. The molecule has 0 radical (unpaired) electrons. The number of thiophene rings is 1. The molecule has 0 saturated heterocycles. The average molecular weight is 307 g/mol. The molecule has 106 valence electrons. The van der Waals surface area contributed by atoms with Crippen molar-refractivity contribution in [2.45, 2.75) is 24.5 Å². The van der Waals surface area contributed by atoms with Crippen molar-refractivity contribution in [2.75, 3.05) is 5.73 Å². The number of thioether (sulfide) groups is 1. The molecule has 1 aromatic heterocycles. The molecule has 20 heavy (non-hydrogen) atoms. The van der Waals surface area contributed by atoms with Gasteiger partial charge in [0.1, 0.15) is 0 Å². The molecular formula is C14H17N3OS2. The molecule has 1 amide bonds. The summed E-state index contributed by atoms with van der Waals surface area (Å²) in [7, 11) is 0. The lowest BCUT2D eigenvalue weighted by molar-refractivity contribution is 0.0957. The van der Waals surface area contributed by atoms with E-state index in [0.717, 1.165) is 26.8 Å². The minimum absolute atomic E-state index is 0.246. The van der Waals surface area contributed by atoms with Crippen LogP contribution in [0, 0.1) is 13.8 Å². The molecule has 6 heteroatoms. The number of rotatable bonds is 4. The number of nitrogens with one attached hydrogen (secondary N) is 1. The van der Waals surface area contributed by atoms with E-state index in [0.29, 0.717) is 4.88 Å². The van der Waals surface area contributed by atoms with Gasteiger partial charge in [0, 0.05) is 21.2 Å². The van der Waals surface area contributed by atoms with Crippen molar-refractivity contribution in [3.63, 3.8) is 0 Å². The lowest BCUT2D eigenvalue weighted by Gasteiger charge is -2.06. The maximum atomic E-state index is 11.5. The summed E-state index contributed by atoms with van der Waals surface area (Å²) in [6.07, 6.45) is 0. The Hall–Kier alpha value is -1.50. The van der Waals surface area contributed by atoms with Crippen LogP contribution in [0.3, 0.4) is 0 Å². The molecule has 1 heterocycles. The topological polar surface area (TPSA) is 81.1 Å². The third-order valence-electron chi connectivity index (χ3n) is 2.93. The number of nitrogen functional groups attached to an aromatic ring is 2. The number of hydrogen-bond donors (Lipinski definition) is 3. The van der Waals surface area contributed by atoms with E-state index in [4.69, 9.17) is 11.6 Å². The van der Waals surface area contributed by atoms with Crippen LogP contribution in [0.15, 0.2) is 29.2 Å². The minimum atomic E-state index is -0.246. The Kier molecular flexibility index (Phi) is 4.69. The molecule has 0 fully saturated rings. The van der Waals surface area contributed by atoms with Gasteiger partial charge >= 0.3 is 0 Å². The van der Waals surface area contributed by atoms with E-state index in [1.54, 1.807) is 11.8 Å². The van der Waals surface area contributed by atoms with Gasteiger partial charge < -0.3 is 5.73 Å². The first-order valence-corrected chi connectivity index (χ1v) is 7.90. The van der Waals surface area contributed by atoms with Crippen molar-refractivity contribution in [3.05, 3.63) is 45.1 Å². The summed E-state index contributed by atoms with van der Waals surface area (Å²) in [5.74, 6) is 5.69. The van der Waals surface area contributed by atoms with Crippen molar-refractivity contribution in [2.24, 2.45) is 5.84 Å². The minimum Gasteiger partial charge on any atom is -0.398 e. The number of anilines is 1. The van der Waals surface area contributed by atoms with Crippen molar-refractivity contribution in [1.82, 2.24) is 5.43 Å². The number of carbonyl (C=O) groups is 1. The number of hydrogen-bond acceptors (Lipinski definition) is 5. The third-order valence-corrected chi connectivity index (χ3v) is 5.14. The Morgan fingerprint density at radius 3 is 2.80 bits per heavy atom. The second-order valence-electron chi connectivity index (χ2n) is 4.50. The Balaban J connectivity index is 2.13. The SMILES string of the molecule is Cc1ccc(N)c(SCc2cc(C(=O)NN)sc2C)c1. The average Bonchev–Trinajstić information content (AvgIpc) is 2.80. The van der Waals surface area contributed by atoms with Gasteiger partial charge in [-0.15, -0.1) is 23.1 Å². The zero-order valence-electron chi connectivity index (χ0n) is 11.4. The fourth-order valence-corrected chi connectivity index (χ4v) is 3.92. The first kappa shape index (κ1) is 14.9. The van der Waals surface area contributed by atoms with Crippen molar-refractivity contribution >= 4 is 34.7 Å². The third kappa shape index (κ3) is 3.33. The van der Waals surface area contributed by atoms with Crippen molar-refractivity contribution < 1.29 is 4.79 Å². The molecule has 4 nitrogen and oxygen atoms in total. The Morgan fingerprint density at radius 2 is 2.10 bits per heavy atom.